The Morgan fingerprint density at radius 2 is 1.82 bits per heavy atom. The average Bonchev–Trinajstić information content (AvgIpc) is 2.30. The van der Waals surface area contributed by atoms with Crippen LogP contribution < -0.4 is 23.8 Å². The van der Waals surface area contributed by atoms with Crippen molar-refractivity contribution in [3.63, 3.8) is 0 Å². The summed E-state index contributed by atoms with van der Waals surface area (Å²) < 4.78 is 0. The van der Waals surface area contributed by atoms with E-state index in [1.807, 2.05) is 12.1 Å². The van der Waals surface area contributed by atoms with Crippen LogP contribution in [0.15, 0.2) is 48.5 Å². The van der Waals surface area contributed by atoms with E-state index in [9.17, 15) is 0 Å². The summed E-state index contributed by atoms with van der Waals surface area (Å²) in [5, 5.41) is 0. The SMILES string of the molecule is Cc1cc[c-]c(CN(C)c2ccccc2)c1.[Li+]. The minimum Gasteiger partial charge on any atom is -0.372 e. The number of anilines is 1. The third-order valence-electron chi connectivity index (χ3n) is 2.62. The fraction of sp³-hybridized carbons (Fsp3) is 0.200. The minimum atomic E-state index is 0. The van der Waals surface area contributed by atoms with Crippen LogP contribution in [0.5, 0.6) is 0 Å². The van der Waals surface area contributed by atoms with Gasteiger partial charge < -0.3 is 4.90 Å². The Morgan fingerprint density at radius 3 is 2.47 bits per heavy atom. The van der Waals surface area contributed by atoms with Crippen LogP contribution in [0.25, 0.3) is 0 Å². The zero-order chi connectivity index (χ0) is 11.4. The molecule has 0 aromatic heterocycles. The van der Waals surface area contributed by atoms with E-state index in [0.29, 0.717) is 0 Å². The second-order valence-corrected chi connectivity index (χ2v) is 4.08. The van der Waals surface area contributed by atoms with Crippen LogP contribution in [0.2, 0.25) is 0 Å². The molecule has 0 aliphatic heterocycles. The van der Waals surface area contributed by atoms with Gasteiger partial charge in [-0.15, -0.1) is 5.56 Å². The van der Waals surface area contributed by atoms with E-state index in [4.69, 9.17) is 0 Å². The summed E-state index contributed by atoms with van der Waals surface area (Å²) >= 11 is 0. The van der Waals surface area contributed by atoms with E-state index in [0.717, 1.165) is 6.54 Å². The van der Waals surface area contributed by atoms with E-state index in [-0.39, 0.29) is 18.9 Å². The molecule has 0 saturated carbocycles. The second kappa shape index (κ2) is 6.54. The molecule has 0 radical (unpaired) electrons. The molecule has 2 heteroatoms. The molecule has 0 fully saturated rings. The molecule has 0 aliphatic carbocycles. The maximum absolute atomic E-state index is 3.27. The average molecular weight is 217 g/mol. The molecule has 0 unspecified atom stereocenters. The Hall–Kier alpha value is -1.16. The molecule has 0 heterocycles. The molecule has 0 aliphatic rings. The van der Waals surface area contributed by atoms with Crippen LogP contribution in [-0.2, 0) is 6.54 Å². The van der Waals surface area contributed by atoms with E-state index in [1.54, 1.807) is 0 Å². The summed E-state index contributed by atoms with van der Waals surface area (Å²) in [7, 11) is 2.10. The van der Waals surface area contributed by atoms with Crippen LogP contribution in [0, 0.1) is 13.0 Å². The van der Waals surface area contributed by atoms with Crippen LogP contribution in [0.1, 0.15) is 11.1 Å². The van der Waals surface area contributed by atoms with Crippen molar-refractivity contribution in [3.8, 4) is 0 Å². The first kappa shape index (κ1) is 13.9. The first-order valence-corrected chi connectivity index (χ1v) is 5.49. The van der Waals surface area contributed by atoms with Gasteiger partial charge in [0.15, 0.2) is 0 Å². The molecule has 2 aromatic carbocycles. The molecule has 0 N–H and O–H groups in total. The van der Waals surface area contributed by atoms with E-state index in [1.165, 1.54) is 16.8 Å². The Balaban J connectivity index is 0.00000144. The normalized spacial score (nSPS) is 9.53. The molecule has 17 heavy (non-hydrogen) atoms. The van der Waals surface area contributed by atoms with Crippen molar-refractivity contribution in [2.24, 2.45) is 0 Å². The molecular weight excluding hydrogens is 201 g/mol. The van der Waals surface area contributed by atoms with Crippen molar-refractivity contribution in [2.45, 2.75) is 13.5 Å². The van der Waals surface area contributed by atoms with Crippen molar-refractivity contribution in [2.75, 3.05) is 11.9 Å². The standard InChI is InChI=1S/C15H16N.Li/c1-13-7-6-8-14(11-13)12-16(2)15-9-4-3-5-10-15;/h3-7,9-11H,12H2,1-2H3;/q-1;+1. The molecule has 0 amide bonds. The van der Waals surface area contributed by atoms with Gasteiger partial charge in [0.2, 0.25) is 0 Å². The number of benzene rings is 2. The Bertz CT molecular complexity index is 453. The van der Waals surface area contributed by atoms with Crippen molar-refractivity contribution >= 4 is 5.69 Å². The van der Waals surface area contributed by atoms with Crippen LogP contribution in [0.4, 0.5) is 5.69 Å². The monoisotopic (exact) mass is 217 g/mol. The minimum absolute atomic E-state index is 0. The summed E-state index contributed by atoms with van der Waals surface area (Å²) in [5.74, 6) is 0. The smallest absolute Gasteiger partial charge is 0.372 e. The van der Waals surface area contributed by atoms with Crippen molar-refractivity contribution in [1.29, 1.82) is 0 Å². The second-order valence-electron chi connectivity index (χ2n) is 4.08. The van der Waals surface area contributed by atoms with Gasteiger partial charge in [-0.05, 0) is 12.1 Å². The number of hydrogen-bond donors (Lipinski definition) is 0. The Labute approximate surface area is 116 Å². The van der Waals surface area contributed by atoms with Crippen LogP contribution >= 0.6 is 0 Å². The summed E-state index contributed by atoms with van der Waals surface area (Å²) in [6, 6.07) is 19.9. The van der Waals surface area contributed by atoms with Gasteiger partial charge in [-0.1, -0.05) is 25.1 Å². The number of para-hydroxylation sites is 1. The van der Waals surface area contributed by atoms with Gasteiger partial charge >= 0.3 is 18.9 Å². The molecular formula is C15H16LiN. The fourth-order valence-electron chi connectivity index (χ4n) is 1.77. The van der Waals surface area contributed by atoms with Gasteiger partial charge in [-0.25, -0.2) is 0 Å². The van der Waals surface area contributed by atoms with Gasteiger partial charge in [0.25, 0.3) is 0 Å². The molecule has 0 bridgehead atoms. The maximum Gasteiger partial charge on any atom is 1.00 e. The largest absolute Gasteiger partial charge is 1.00 e. The number of nitrogens with zero attached hydrogens (tertiary/aromatic N) is 1. The molecule has 0 spiro atoms. The predicted octanol–water partition coefficient (Wildman–Crippen LogP) is 0.436. The first-order chi connectivity index (χ1) is 7.75. The summed E-state index contributed by atoms with van der Waals surface area (Å²) in [6.45, 7) is 3.01. The van der Waals surface area contributed by atoms with E-state index in [2.05, 4.69) is 61.3 Å². The number of hydrogen-bond acceptors (Lipinski definition) is 1. The molecule has 2 rings (SSSR count). The zero-order valence-corrected chi connectivity index (χ0v) is 10.8. The zero-order valence-electron chi connectivity index (χ0n) is 10.8. The van der Waals surface area contributed by atoms with Crippen LogP contribution in [0.3, 0.4) is 0 Å². The molecule has 82 valence electrons. The van der Waals surface area contributed by atoms with E-state index < -0.39 is 0 Å². The quantitative estimate of drug-likeness (QED) is 0.532. The van der Waals surface area contributed by atoms with E-state index >= 15 is 0 Å². The maximum atomic E-state index is 3.27. The summed E-state index contributed by atoms with van der Waals surface area (Å²) in [6.07, 6.45) is 0. The van der Waals surface area contributed by atoms with Crippen LogP contribution in [-0.4, -0.2) is 7.05 Å². The number of aryl methyl sites for hydroxylation is 1. The van der Waals surface area contributed by atoms with Crippen molar-refractivity contribution in [3.05, 3.63) is 65.7 Å². The Kier molecular flexibility index (Phi) is 5.35. The first-order valence-electron chi connectivity index (χ1n) is 5.49. The van der Waals surface area contributed by atoms with Gasteiger partial charge in [0, 0.05) is 19.3 Å². The number of rotatable bonds is 3. The predicted molar refractivity (Wildman–Crippen MR) is 68.6 cm³/mol. The third-order valence-corrected chi connectivity index (χ3v) is 2.62. The Morgan fingerprint density at radius 1 is 1.12 bits per heavy atom. The molecule has 0 atom stereocenters. The molecule has 2 aromatic rings. The molecule has 1 nitrogen and oxygen atoms in total. The van der Waals surface area contributed by atoms with Gasteiger partial charge in [0.05, 0.1) is 0 Å². The topological polar surface area (TPSA) is 3.24 Å². The van der Waals surface area contributed by atoms with Gasteiger partial charge in [-0.2, -0.15) is 29.8 Å². The van der Waals surface area contributed by atoms with Gasteiger partial charge in [-0.3, -0.25) is 0 Å². The molecule has 0 saturated heterocycles. The fourth-order valence-corrected chi connectivity index (χ4v) is 1.77. The van der Waals surface area contributed by atoms with Gasteiger partial charge in [0.1, 0.15) is 0 Å². The van der Waals surface area contributed by atoms with Crippen molar-refractivity contribution < 1.29 is 18.9 Å². The summed E-state index contributed by atoms with van der Waals surface area (Å²) in [5.41, 5.74) is 3.75. The summed E-state index contributed by atoms with van der Waals surface area (Å²) in [4.78, 5) is 2.23. The third kappa shape index (κ3) is 3.96. The van der Waals surface area contributed by atoms with Crippen molar-refractivity contribution in [1.82, 2.24) is 0 Å².